The Balaban J connectivity index is 1.56. The number of likely N-dealkylation sites (tertiary alicyclic amines) is 1. The van der Waals surface area contributed by atoms with Gasteiger partial charge in [0.15, 0.2) is 5.82 Å². The van der Waals surface area contributed by atoms with Gasteiger partial charge in [0, 0.05) is 36.8 Å². The van der Waals surface area contributed by atoms with E-state index in [1.165, 1.54) is 12.1 Å². The number of hydrogen-bond acceptors (Lipinski definition) is 5. The largest absolute Gasteiger partial charge is 0.336 e. The third kappa shape index (κ3) is 3.30. The number of rotatable bonds is 4. The van der Waals surface area contributed by atoms with Gasteiger partial charge in [0.05, 0.1) is 0 Å². The molecule has 1 atom stereocenters. The van der Waals surface area contributed by atoms with Crippen LogP contribution in [0.3, 0.4) is 0 Å². The molecule has 0 bridgehead atoms. The molecule has 0 saturated carbocycles. The molecular formula is C20H22FN5O2. The Hall–Kier alpha value is -3.03. The fraction of sp³-hybridized carbons (Fsp3) is 0.400. The number of nitrogens with zero attached hydrogens (tertiary/aromatic N) is 5. The molecule has 1 fully saturated rings. The summed E-state index contributed by atoms with van der Waals surface area (Å²) in [7, 11) is 0. The van der Waals surface area contributed by atoms with Crippen LogP contribution in [0.4, 0.5) is 4.39 Å². The van der Waals surface area contributed by atoms with Crippen molar-refractivity contribution >= 4 is 5.91 Å². The summed E-state index contributed by atoms with van der Waals surface area (Å²) >= 11 is 0. The van der Waals surface area contributed by atoms with Crippen molar-refractivity contribution in [2.75, 3.05) is 13.1 Å². The molecule has 3 aromatic rings. The molecule has 1 saturated heterocycles. The van der Waals surface area contributed by atoms with Gasteiger partial charge in [-0.3, -0.25) is 9.48 Å². The lowest BCUT2D eigenvalue weighted by Crippen LogP contribution is -2.48. The number of amides is 1. The third-order valence-corrected chi connectivity index (χ3v) is 5.28. The van der Waals surface area contributed by atoms with Gasteiger partial charge in [-0.25, -0.2) is 4.39 Å². The van der Waals surface area contributed by atoms with E-state index in [2.05, 4.69) is 15.2 Å². The Morgan fingerprint density at radius 2 is 2.07 bits per heavy atom. The highest BCUT2D eigenvalue weighted by molar-refractivity contribution is 5.92. The zero-order valence-corrected chi connectivity index (χ0v) is 15.9. The van der Waals surface area contributed by atoms with Gasteiger partial charge in [-0.15, -0.1) is 0 Å². The number of aromatic nitrogens is 4. The van der Waals surface area contributed by atoms with Crippen LogP contribution in [0, 0.1) is 5.82 Å². The highest BCUT2D eigenvalue weighted by Gasteiger charge is 2.39. The van der Waals surface area contributed by atoms with Crippen molar-refractivity contribution in [1.29, 1.82) is 0 Å². The molecule has 0 spiro atoms. The van der Waals surface area contributed by atoms with Gasteiger partial charge >= 0.3 is 0 Å². The molecule has 7 nitrogen and oxygen atoms in total. The minimum Gasteiger partial charge on any atom is -0.336 e. The molecule has 0 radical (unpaired) electrons. The Morgan fingerprint density at radius 3 is 2.82 bits per heavy atom. The number of hydrogen-bond donors (Lipinski definition) is 0. The zero-order chi connectivity index (χ0) is 19.7. The molecule has 1 unspecified atom stereocenters. The maximum atomic E-state index is 13.1. The first-order chi connectivity index (χ1) is 13.5. The SMILES string of the molecule is CCn1nccc1C(=O)N1CCCC(C)(c2noc(-c3ccc(F)cc3)n2)C1. The van der Waals surface area contributed by atoms with Crippen LogP contribution in [0.15, 0.2) is 41.1 Å². The second kappa shape index (κ2) is 7.18. The lowest BCUT2D eigenvalue weighted by atomic mass is 9.81. The summed E-state index contributed by atoms with van der Waals surface area (Å²) in [4.78, 5) is 19.4. The zero-order valence-electron chi connectivity index (χ0n) is 15.9. The molecule has 3 heterocycles. The van der Waals surface area contributed by atoms with Crippen LogP contribution >= 0.6 is 0 Å². The summed E-state index contributed by atoms with van der Waals surface area (Å²) in [5, 5.41) is 8.36. The highest BCUT2D eigenvalue weighted by Crippen LogP contribution is 2.33. The molecule has 146 valence electrons. The van der Waals surface area contributed by atoms with Crippen molar-refractivity contribution in [2.45, 2.75) is 38.6 Å². The minimum atomic E-state index is -0.410. The average molecular weight is 383 g/mol. The molecule has 1 amide bonds. The predicted molar refractivity (Wildman–Crippen MR) is 100 cm³/mol. The summed E-state index contributed by atoms with van der Waals surface area (Å²) in [5.74, 6) is 0.563. The molecule has 1 aliphatic rings. The second-order valence-corrected chi connectivity index (χ2v) is 7.35. The molecule has 8 heteroatoms. The molecule has 4 rings (SSSR count). The lowest BCUT2D eigenvalue weighted by molar-refractivity contribution is 0.0629. The maximum absolute atomic E-state index is 13.1. The Bertz CT molecular complexity index is 981. The predicted octanol–water partition coefficient (Wildman–Crippen LogP) is 3.29. The van der Waals surface area contributed by atoms with Gasteiger partial charge in [-0.05, 0) is 50.1 Å². The molecule has 2 aromatic heterocycles. The van der Waals surface area contributed by atoms with Crippen LogP contribution in [-0.4, -0.2) is 43.8 Å². The van der Waals surface area contributed by atoms with Crippen molar-refractivity contribution in [3.63, 3.8) is 0 Å². The van der Waals surface area contributed by atoms with Crippen LogP contribution < -0.4 is 0 Å². The van der Waals surface area contributed by atoms with E-state index in [1.54, 1.807) is 29.1 Å². The Kier molecular flexibility index (Phi) is 4.70. The number of benzene rings is 1. The maximum Gasteiger partial charge on any atom is 0.272 e. The number of carbonyl (C=O) groups excluding carboxylic acids is 1. The van der Waals surface area contributed by atoms with E-state index >= 15 is 0 Å². The summed E-state index contributed by atoms with van der Waals surface area (Å²) in [6.45, 7) is 5.84. The fourth-order valence-corrected chi connectivity index (χ4v) is 3.70. The van der Waals surface area contributed by atoms with E-state index in [0.29, 0.717) is 42.6 Å². The van der Waals surface area contributed by atoms with Crippen molar-refractivity contribution in [3.05, 3.63) is 53.9 Å². The van der Waals surface area contributed by atoms with E-state index in [4.69, 9.17) is 4.52 Å². The standard InChI is InChI=1S/C20H22FN5O2/c1-3-26-16(9-11-22-26)18(27)25-12-4-10-20(2,13-25)19-23-17(28-24-19)14-5-7-15(21)8-6-14/h5-9,11H,3-4,10,12-13H2,1-2H3. The highest BCUT2D eigenvalue weighted by atomic mass is 19.1. The summed E-state index contributed by atoms with van der Waals surface area (Å²) < 4.78 is 20.3. The first kappa shape index (κ1) is 18.3. The van der Waals surface area contributed by atoms with Crippen molar-refractivity contribution in [2.24, 2.45) is 0 Å². The van der Waals surface area contributed by atoms with E-state index in [1.807, 2.05) is 18.7 Å². The molecule has 0 N–H and O–H groups in total. The molecule has 0 aliphatic carbocycles. The van der Waals surface area contributed by atoms with Crippen LogP contribution in [0.2, 0.25) is 0 Å². The Morgan fingerprint density at radius 1 is 1.29 bits per heavy atom. The monoisotopic (exact) mass is 383 g/mol. The smallest absolute Gasteiger partial charge is 0.272 e. The fourth-order valence-electron chi connectivity index (χ4n) is 3.70. The van der Waals surface area contributed by atoms with Gasteiger partial charge in [0.1, 0.15) is 11.5 Å². The van der Waals surface area contributed by atoms with E-state index in [0.717, 1.165) is 12.8 Å². The Labute approximate surface area is 162 Å². The van der Waals surface area contributed by atoms with E-state index in [9.17, 15) is 9.18 Å². The van der Waals surface area contributed by atoms with Gasteiger partial charge in [-0.1, -0.05) is 12.1 Å². The first-order valence-electron chi connectivity index (χ1n) is 9.41. The lowest BCUT2D eigenvalue weighted by Gasteiger charge is -2.38. The molecular weight excluding hydrogens is 361 g/mol. The third-order valence-electron chi connectivity index (χ3n) is 5.28. The van der Waals surface area contributed by atoms with E-state index in [-0.39, 0.29) is 11.7 Å². The number of carbonyl (C=O) groups is 1. The average Bonchev–Trinajstić information content (AvgIpc) is 3.38. The van der Waals surface area contributed by atoms with Crippen molar-refractivity contribution in [3.8, 4) is 11.5 Å². The van der Waals surface area contributed by atoms with Crippen LogP contribution in [0.25, 0.3) is 11.5 Å². The van der Waals surface area contributed by atoms with Gasteiger partial charge in [0.25, 0.3) is 11.8 Å². The number of piperidine rings is 1. The van der Waals surface area contributed by atoms with Crippen LogP contribution in [0.5, 0.6) is 0 Å². The quantitative estimate of drug-likeness (QED) is 0.691. The second-order valence-electron chi connectivity index (χ2n) is 7.35. The summed E-state index contributed by atoms with van der Waals surface area (Å²) in [6, 6.07) is 7.69. The molecule has 1 aromatic carbocycles. The van der Waals surface area contributed by atoms with E-state index < -0.39 is 5.41 Å². The molecule has 28 heavy (non-hydrogen) atoms. The molecule has 1 aliphatic heterocycles. The van der Waals surface area contributed by atoms with Crippen molar-refractivity contribution in [1.82, 2.24) is 24.8 Å². The topological polar surface area (TPSA) is 77.0 Å². The number of halogens is 1. The summed E-state index contributed by atoms with van der Waals surface area (Å²) in [6.07, 6.45) is 3.35. The first-order valence-corrected chi connectivity index (χ1v) is 9.41. The summed E-state index contributed by atoms with van der Waals surface area (Å²) in [5.41, 5.74) is 0.846. The minimum absolute atomic E-state index is 0.0347. The van der Waals surface area contributed by atoms with Gasteiger partial charge in [-0.2, -0.15) is 10.1 Å². The van der Waals surface area contributed by atoms with Gasteiger partial charge < -0.3 is 9.42 Å². The van der Waals surface area contributed by atoms with Gasteiger partial charge in [0.2, 0.25) is 0 Å². The number of aryl methyl sites for hydroxylation is 1. The van der Waals surface area contributed by atoms with Crippen LogP contribution in [0.1, 0.15) is 43.0 Å². The van der Waals surface area contributed by atoms with Crippen molar-refractivity contribution < 1.29 is 13.7 Å². The van der Waals surface area contributed by atoms with Crippen LogP contribution in [-0.2, 0) is 12.0 Å². The normalized spacial score (nSPS) is 19.8.